The number of aliphatic carboxylic acids is 1. The van der Waals surface area contributed by atoms with Crippen LogP contribution in [-0.2, 0) is 9.59 Å². The standard InChI is InChI=1S/C11H21NO3/c1-7(2)5-9(6-10(13)14)11(15)12-8(3)4/h7-9H,5-6H2,1-4H3,(H,12,15)(H,13,14). The van der Waals surface area contributed by atoms with Crippen molar-refractivity contribution in [3.8, 4) is 0 Å². The van der Waals surface area contributed by atoms with E-state index in [2.05, 4.69) is 5.32 Å². The highest BCUT2D eigenvalue weighted by Gasteiger charge is 2.22. The summed E-state index contributed by atoms with van der Waals surface area (Å²) >= 11 is 0. The molecular formula is C11H21NO3. The van der Waals surface area contributed by atoms with Crippen LogP contribution < -0.4 is 5.32 Å². The molecule has 1 atom stereocenters. The van der Waals surface area contributed by atoms with E-state index in [4.69, 9.17) is 5.11 Å². The van der Waals surface area contributed by atoms with Gasteiger partial charge in [-0.1, -0.05) is 13.8 Å². The molecule has 0 saturated carbocycles. The second-order valence-corrected chi connectivity index (χ2v) is 4.59. The zero-order chi connectivity index (χ0) is 12.0. The van der Waals surface area contributed by atoms with E-state index in [1.807, 2.05) is 27.7 Å². The summed E-state index contributed by atoms with van der Waals surface area (Å²) in [5, 5.41) is 11.5. The Morgan fingerprint density at radius 3 is 2.07 bits per heavy atom. The summed E-state index contributed by atoms with van der Waals surface area (Å²) in [6.45, 7) is 7.70. The molecule has 15 heavy (non-hydrogen) atoms. The summed E-state index contributed by atoms with van der Waals surface area (Å²) in [6, 6.07) is 0.0564. The normalized spacial score (nSPS) is 12.9. The van der Waals surface area contributed by atoms with Gasteiger partial charge in [-0.25, -0.2) is 0 Å². The van der Waals surface area contributed by atoms with Crippen LogP contribution in [0.3, 0.4) is 0 Å². The third kappa shape index (κ3) is 6.94. The maximum Gasteiger partial charge on any atom is 0.304 e. The molecule has 0 aromatic heterocycles. The zero-order valence-corrected chi connectivity index (χ0v) is 9.91. The Labute approximate surface area is 91.1 Å². The first kappa shape index (κ1) is 13.9. The van der Waals surface area contributed by atoms with Gasteiger partial charge in [-0.2, -0.15) is 0 Å². The molecule has 88 valence electrons. The zero-order valence-electron chi connectivity index (χ0n) is 9.91. The molecule has 0 aliphatic rings. The fourth-order valence-corrected chi connectivity index (χ4v) is 1.47. The molecular weight excluding hydrogens is 194 g/mol. The third-order valence-corrected chi connectivity index (χ3v) is 1.98. The summed E-state index contributed by atoms with van der Waals surface area (Å²) in [6.07, 6.45) is 0.529. The first-order valence-corrected chi connectivity index (χ1v) is 5.35. The molecule has 0 rings (SSSR count). The Balaban J connectivity index is 4.33. The highest BCUT2D eigenvalue weighted by molar-refractivity contribution is 5.83. The predicted octanol–water partition coefficient (Wildman–Crippen LogP) is 1.65. The fourth-order valence-electron chi connectivity index (χ4n) is 1.47. The van der Waals surface area contributed by atoms with Crippen molar-refractivity contribution in [2.24, 2.45) is 11.8 Å². The molecule has 0 aromatic carbocycles. The quantitative estimate of drug-likeness (QED) is 0.708. The average Bonchev–Trinajstić information content (AvgIpc) is 1.99. The van der Waals surface area contributed by atoms with Crippen LogP contribution in [0.15, 0.2) is 0 Å². The summed E-state index contributed by atoms with van der Waals surface area (Å²) in [5.74, 6) is -1.15. The van der Waals surface area contributed by atoms with Crippen LogP contribution in [0.2, 0.25) is 0 Å². The van der Waals surface area contributed by atoms with Crippen LogP contribution in [0.25, 0.3) is 0 Å². The highest BCUT2D eigenvalue weighted by atomic mass is 16.4. The number of rotatable bonds is 6. The molecule has 0 aliphatic carbocycles. The van der Waals surface area contributed by atoms with Gasteiger partial charge in [0.15, 0.2) is 0 Å². The van der Waals surface area contributed by atoms with Crippen LogP contribution >= 0.6 is 0 Å². The van der Waals surface area contributed by atoms with Crippen molar-refractivity contribution in [3.05, 3.63) is 0 Å². The lowest BCUT2D eigenvalue weighted by Gasteiger charge is -2.18. The van der Waals surface area contributed by atoms with Crippen molar-refractivity contribution in [1.82, 2.24) is 5.32 Å². The van der Waals surface area contributed by atoms with Gasteiger partial charge in [-0.15, -0.1) is 0 Å². The molecule has 0 aromatic rings. The van der Waals surface area contributed by atoms with Crippen molar-refractivity contribution in [3.63, 3.8) is 0 Å². The molecule has 0 spiro atoms. The average molecular weight is 215 g/mol. The van der Waals surface area contributed by atoms with Crippen molar-refractivity contribution >= 4 is 11.9 Å². The molecule has 0 radical (unpaired) electrons. The summed E-state index contributed by atoms with van der Waals surface area (Å²) in [4.78, 5) is 22.3. The van der Waals surface area contributed by atoms with Crippen molar-refractivity contribution in [1.29, 1.82) is 0 Å². The van der Waals surface area contributed by atoms with Crippen molar-refractivity contribution in [2.45, 2.75) is 46.6 Å². The minimum Gasteiger partial charge on any atom is -0.481 e. The predicted molar refractivity (Wildman–Crippen MR) is 58.5 cm³/mol. The second-order valence-electron chi connectivity index (χ2n) is 4.59. The van der Waals surface area contributed by atoms with E-state index in [9.17, 15) is 9.59 Å². The Hall–Kier alpha value is -1.06. The SMILES string of the molecule is CC(C)CC(CC(=O)O)C(=O)NC(C)C. The molecule has 1 amide bonds. The number of carboxylic acid groups (broad SMARTS) is 1. The van der Waals surface area contributed by atoms with Gasteiger partial charge in [0.1, 0.15) is 0 Å². The van der Waals surface area contributed by atoms with E-state index in [0.717, 1.165) is 0 Å². The largest absolute Gasteiger partial charge is 0.481 e. The fraction of sp³-hybridized carbons (Fsp3) is 0.818. The number of carbonyl (C=O) groups excluding carboxylic acids is 1. The summed E-state index contributed by atoms with van der Waals surface area (Å²) < 4.78 is 0. The Morgan fingerprint density at radius 1 is 1.20 bits per heavy atom. The number of hydrogen-bond donors (Lipinski definition) is 2. The van der Waals surface area contributed by atoms with Crippen molar-refractivity contribution < 1.29 is 14.7 Å². The molecule has 4 nitrogen and oxygen atoms in total. The lowest BCUT2D eigenvalue weighted by atomic mass is 9.93. The third-order valence-electron chi connectivity index (χ3n) is 1.98. The van der Waals surface area contributed by atoms with Crippen LogP contribution in [0.4, 0.5) is 0 Å². The number of hydrogen-bond acceptors (Lipinski definition) is 2. The van der Waals surface area contributed by atoms with Gasteiger partial charge in [-0.05, 0) is 26.2 Å². The minimum absolute atomic E-state index is 0.0564. The number of nitrogens with one attached hydrogen (secondary N) is 1. The van der Waals surface area contributed by atoms with Crippen LogP contribution in [0.1, 0.15) is 40.5 Å². The first-order valence-electron chi connectivity index (χ1n) is 5.35. The monoisotopic (exact) mass is 215 g/mol. The molecule has 0 aliphatic heterocycles. The van der Waals surface area contributed by atoms with Gasteiger partial charge < -0.3 is 10.4 Å². The molecule has 0 fully saturated rings. The van der Waals surface area contributed by atoms with E-state index in [-0.39, 0.29) is 18.4 Å². The second kappa shape index (κ2) is 6.43. The summed E-state index contributed by atoms with van der Waals surface area (Å²) in [5.41, 5.74) is 0. The number of carbonyl (C=O) groups is 2. The maximum absolute atomic E-state index is 11.7. The minimum atomic E-state index is -0.917. The Kier molecular flexibility index (Phi) is 5.97. The molecule has 4 heteroatoms. The van der Waals surface area contributed by atoms with Gasteiger partial charge in [0, 0.05) is 12.0 Å². The first-order chi connectivity index (χ1) is 6.82. The number of amides is 1. The van der Waals surface area contributed by atoms with Crippen LogP contribution in [0.5, 0.6) is 0 Å². The van der Waals surface area contributed by atoms with Crippen LogP contribution in [-0.4, -0.2) is 23.0 Å². The number of carboxylic acids is 1. The van der Waals surface area contributed by atoms with E-state index < -0.39 is 11.9 Å². The van der Waals surface area contributed by atoms with Crippen LogP contribution in [0, 0.1) is 11.8 Å². The lowest BCUT2D eigenvalue weighted by molar-refractivity contribution is -0.141. The Morgan fingerprint density at radius 2 is 1.73 bits per heavy atom. The molecule has 2 N–H and O–H groups in total. The van der Waals surface area contributed by atoms with Gasteiger partial charge in [0.2, 0.25) is 5.91 Å². The van der Waals surface area contributed by atoms with Crippen molar-refractivity contribution in [2.75, 3.05) is 0 Å². The van der Waals surface area contributed by atoms with Gasteiger partial charge in [0.05, 0.1) is 6.42 Å². The van der Waals surface area contributed by atoms with E-state index in [0.29, 0.717) is 12.3 Å². The topological polar surface area (TPSA) is 66.4 Å². The smallest absolute Gasteiger partial charge is 0.304 e. The molecule has 1 unspecified atom stereocenters. The molecule has 0 heterocycles. The maximum atomic E-state index is 11.7. The van der Waals surface area contributed by atoms with Gasteiger partial charge >= 0.3 is 5.97 Å². The van der Waals surface area contributed by atoms with E-state index in [1.54, 1.807) is 0 Å². The lowest BCUT2D eigenvalue weighted by Crippen LogP contribution is -2.37. The molecule has 0 saturated heterocycles. The van der Waals surface area contributed by atoms with Gasteiger partial charge in [-0.3, -0.25) is 9.59 Å². The summed E-state index contributed by atoms with van der Waals surface area (Å²) in [7, 11) is 0. The molecule has 0 bridgehead atoms. The van der Waals surface area contributed by atoms with E-state index >= 15 is 0 Å². The van der Waals surface area contributed by atoms with E-state index in [1.165, 1.54) is 0 Å². The highest BCUT2D eigenvalue weighted by Crippen LogP contribution is 2.15. The Bertz CT molecular complexity index is 224. The van der Waals surface area contributed by atoms with Gasteiger partial charge in [0.25, 0.3) is 0 Å².